The zero-order valence-electron chi connectivity index (χ0n) is 9.82. The number of hydrogen-bond donors (Lipinski definition) is 0. The van der Waals surface area contributed by atoms with Gasteiger partial charge in [0.25, 0.3) is 0 Å². The Labute approximate surface area is 98.0 Å². The monoisotopic (exact) mass is 210 g/mol. The zero-order valence-corrected chi connectivity index (χ0v) is 9.82. The molecule has 0 heteroatoms. The summed E-state index contributed by atoms with van der Waals surface area (Å²) in [4.78, 5) is 0. The molecule has 2 rings (SSSR count). The van der Waals surface area contributed by atoms with Crippen molar-refractivity contribution in [1.29, 1.82) is 0 Å². The fourth-order valence-corrected chi connectivity index (χ4v) is 2.20. The van der Waals surface area contributed by atoms with Crippen molar-refractivity contribution >= 4 is 0 Å². The molecular formula is C16H18. The van der Waals surface area contributed by atoms with E-state index in [0.29, 0.717) is 0 Å². The summed E-state index contributed by atoms with van der Waals surface area (Å²) in [5.41, 5.74) is 2.74. The van der Waals surface area contributed by atoms with Gasteiger partial charge in [0.2, 0.25) is 0 Å². The Morgan fingerprint density at radius 1 is 1.38 bits per heavy atom. The Morgan fingerprint density at radius 3 is 2.88 bits per heavy atom. The molecule has 1 aliphatic carbocycles. The highest BCUT2D eigenvalue weighted by Crippen LogP contribution is 2.34. The first kappa shape index (κ1) is 10.9. The van der Waals surface area contributed by atoms with E-state index in [4.69, 9.17) is 0 Å². The lowest BCUT2D eigenvalue weighted by atomic mass is 9.75. The van der Waals surface area contributed by atoms with Crippen molar-refractivity contribution in [2.45, 2.75) is 25.2 Å². The zero-order chi connectivity index (χ0) is 11.4. The molecule has 1 aromatic rings. The molecule has 0 saturated carbocycles. The second-order valence-electron chi connectivity index (χ2n) is 4.29. The van der Waals surface area contributed by atoms with Crippen LogP contribution in [-0.4, -0.2) is 0 Å². The molecule has 16 heavy (non-hydrogen) atoms. The summed E-state index contributed by atoms with van der Waals surface area (Å²) >= 11 is 0. The molecule has 0 aliphatic heterocycles. The van der Waals surface area contributed by atoms with Crippen LogP contribution in [0.5, 0.6) is 0 Å². The lowest BCUT2D eigenvalue weighted by Crippen LogP contribution is -2.21. The third-order valence-electron chi connectivity index (χ3n) is 3.33. The van der Waals surface area contributed by atoms with Crippen LogP contribution in [0.15, 0.2) is 61.2 Å². The number of benzene rings is 1. The van der Waals surface area contributed by atoms with E-state index in [9.17, 15) is 0 Å². The molecule has 1 aliphatic rings. The van der Waals surface area contributed by atoms with Crippen molar-refractivity contribution in [2.75, 3.05) is 0 Å². The fraction of sp³-hybridized carbons (Fsp3) is 0.250. The van der Waals surface area contributed by atoms with E-state index in [0.717, 1.165) is 12.8 Å². The van der Waals surface area contributed by atoms with Gasteiger partial charge in [-0.3, -0.25) is 0 Å². The summed E-state index contributed by atoms with van der Waals surface area (Å²) in [6.07, 6.45) is 12.8. The van der Waals surface area contributed by atoms with E-state index in [1.54, 1.807) is 0 Å². The number of rotatable bonds is 3. The van der Waals surface area contributed by atoms with E-state index in [2.05, 4.69) is 68.1 Å². The maximum absolute atomic E-state index is 4.00. The highest BCUT2D eigenvalue weighted by atomic mass is 14.3. The lowest BCUT2D eigenvalue weighted by Gasteiger charge is -2.28. The Hall–Kier alpha value is -1.56. The number of aryl methyl sites for hydroxylation is 1. The minimum absolute atomic E-state index is 0.0000694. The number of allylic oxidation sites excluding steroid dienone is 5. The SMILES string of the molecule is C=CC1(c2cccc(CC)c2)C=CC=CC1. The normalized spacial score (nSPS) is 23.3. The van der Waals surface area contributed by atoms with Gasteiger partial charge in [-0.2, -0.15) is 0 Å². The molecule has 0 aromatic heterocycles. The van der Waals surface area contributed by atoms with Crippen molar-refractivity contribution in [1.82, 2.24) is 0 Å². The average Bonchev–Trinajstić information content (AvgIpc) is 2.39. The summed E-state index contributed by atoms with van der Waals surface area (Å²) < 4.78 is 0. The summed E-state index contributed by atoms with van der Waals surface area (Å²) in [5.74, 6) is 0. The van der Waals surface area contributed by atoms with Crippen LogP contribution in [-0.2, 0) is 11.8 Å². The Kier molecular flexibility index (Phi) is 3.09. The van der Waals surface area contributed by atoms with E-state index in [1.165, 1.54) is 11.1 Å². The highest BCUT2D eigenvalue weighted by molar-refractivity contribution is 5.42. The first-order valence-electron chi connectivity index (χ1n) is 5.88. The lowest BCUT2D eigenvalue weighted by molar-refractivity contribution is 0.675. The van der Waals surface area contributed by atoms with Crippen LogP contribution in [0.3, 0.4) is 0 Å². The standard InChI is InChI=1S/C16H18/c1-3-14-9-8-10-15(13-14)16(4-2)11-6-5-7-12-16/h4-11,13H,2-3,12H2,1H3. The second-order valence-corrected chi connectivity index (χ2v) is 4.29. The molecule has 0 saturated heterocycles. The molecule has 0 spiro atoms. The molecule has 0 amide bonds. The van der Waals surface area contributed by atoms with E-state index < -0.39 is 0 Å². The predicted octanol–water partition coefficient (Wildman–Crippen LogP) is 4.19. The van der Waals surface area contributed by atoms with Gasteiger partial charge in [-0.25, -0.2) is 0 Å². The maximum atomic E-state index is 4.00. The molecule has 0 heterocycles. The van der Waals surface area contributed by atoms with Crippen LogP contribution in [0.25, 0.3) is 0 Å². The molecule has 0 fully saturated rings. The quantitative estimate of drug-likeness (QED) is 0.656. The second kappa shape index (κ2) is 4.52. The van der Waals surface area contributed by atoms with Crippen LogP contribution in [0.4, 0.5) is 0 Å². The third kappa shape index (κ3) is 1.88. The van der Waals surface area contributed by atoms with Crippen LogP contribution < -0.4 is 0 Å². The van der Waals surface area contributed by atoms with Crippen molar-refractivity contribution in [3.63, 3.8) is 0 Å². The minimum atomic E-state index is -0.0000694. The predicted molar refractivity (Wildman–Crippen MR) is 70.6 cm³/mol. The van der Waals surface area contributed by atoms with Crippen molar-refractivity contribution in [2.24, 2.45) is 0 Å². The van der Waals surface area contributed by atoms with E-state index >= 15 is 0 Å². The van der Waals surface area contributed by atoms with Gasteiger partial charge in [-0.15, -0.1) is 6.58 Å². The molecule has 1 atom stereocenters. The Bertz CT molecular complexity index is 437. The minimum Gasteiger partial charge on any atom is -0.102 e. The van der Waals surface area contributed by atoms with Crippen LogP contribution in [0, 0.1) is 0 Å². The molecular weight excluding hydrogens is 192 g/mol. The smallest absolute Gasteiger partial charge is 0.0347 e. The van der Waals surface area contributed by atoms with Crippen molar-refractivity contribution in [3.8, 4) is 0 Å². The first-order valence-corrected chi connectivity index (χ1v) is 5.88. The van der Waals surface area contributed by atoms with Crippen LogP contribution in [0.1, 0.15) is 24.5 Å². The molecule has 0 nitrogen and oxygen atoms in total. The maximum Gasteiger partial charge on any atom is 0.0347 e. The van der Waals surface area contributed by atoms with Crippen LogP contribution >= 0.6 is 0 Å². The number of hydrogen-bond acceptors (Lipinski definition) is 0. The van der Waals surface area contributed by atoms with E-state index in [-0.39, 0.29) is 5.41 Å². The third-order valence-corrected chi connectivity index (χ3v) is 3.33. The van der Waals surface area contributed by atoms with Gasteiger partial charge >= 0.3 is 0 Å². The topological polar surface area (TPSA) is 0 Å². The first-order chi connectivity index (χ1) is 7.80. The fourth-order valence-electron chi connectivity index (χ4n) is 2.20. The van der Waals surface area contributed by atoms with Gasteiger partial charge in [0, 0.05) is 5.41 Å². The highest BCUT2D eigenvalue weighted by Gasteiger charge is 2.25. The van der Waals surface area contributed by atoms with E-state index in [1.807, 2.05) is 0 Å². The largest absolute Gasteiger partial charge is 0.102 e. The van der Waals surface area contributed by atoms with Crippen molar-refractivity contribution < 1.29 is 0 Å². The van der Waals surface area contributed by atoms with Crippen LogP contribution in [0.2, 0.25) is 0 Å². The van der Waals surface area contributed by atoms with Gasteiger partial charge in [-0.05, 0) is 24.0 Å². The Morgan fingerprint density at radius 2 is 2.25 bits per heavy atom. The summed E-state index contributed by atoms with van der Waals surface area (Å²) in [7, 11) is 0. The average molecular weight is 210 g/mol. The van der Waals surface area contributed by atoms with Gasteiger partial charge in [0.05, 0.1) is 0 Å². The van der Waals surface area contributed by atoms with Gasteiger partial charge in [0.15, 0.2) is 0 Å². The molecule has 1 unspecified atom stereocenters. The summed E-state index contributed by atoms with van der Waals surface area (Å²) in [5, 5.41) is 0. The van der Waals surface area contributed by atoms with Crippen molar-refractivity contribution in [3.05, 3.63) is 72.4 Å². The molecule has 0 radical (unpaired) electrons. The summed E-state index contributed by atoms with van der Waals surface area (Å²) in [6.45, 7) is 6.19. The molecule has 0 N–H and O–H groups in total. The molecule has 0 bridgehead atoms. The van der Waals surface area contributed by atoms with Gasteiger partial charge < -0.3 is 0 Å². The molecule has 1 aromatic carbocycles. The van der Waals surface area contributed by atoms with Gasteiger partial charge in [0.1, 0.15) is 0 Å². The summed E-state index contributed by atoms with van der Waals surface area (Å²) in [6, 6.07) is 8.82. The van der Waals surface area contributed by atoms with Gasteiger partial charge in [-0.1, -0.05) is 61.6 Å². The molecule has 82 valence electrons. The Balaban J connectivity index is 2.44.